The number of fused-ring (bicyclic) bond motifs is 6. The molecule has 2 saturated carbocycles. The summed E-state index contributed by atoms with van der Waals surface area (Å²) >= 11 is 0. The van der Waals surface area contributed by atoms with E-state index in [2.05, 4.69) is 61.9 Å². The summed E-state index contributed by atoms with van der Waals surface area (Å²) in [5, 5.41) is 2.83. The first-order chi connectivity index (χ1) is 14.6. The summed E-state index contributed by atoms with van der Waals surface area (Å²) in [4.78, 5) is 0. The lowest BCUT2D eigenvalue weighted by Crippen LogP contribution is -2.35. The van der Waals surface area contributed by atoms with Gasteiger partial charge in [0.15, 0.2) is 5.69 Å². The standard InChI is InChI=1S/C29H34N/c1-18-13-27-22-9-10-23(16-22)28(27)17-26(18)29-25-12-11-21(20-7-5-4-6-8-20)15-24(25)14-19(2)30(29)3/h11-15,17,20,22-23H,4-10,16H2,1-3H3/q+1. The lowest BCUT2D eigenvalue weighted by atomic mass is 9.83. The predicted octanol–water partition coefficient (Wildman–Crippen LogP) is 7.36. The highest BCUT2D eigenvalue weighted by Gasteiger charge is 2.38. The maximum atomic E-state index is 2.57. The van der Waals surface area contributed by atoms with E-state index in [-0.39, 0.29) is 0 Å². The highest BCUT2D eigenvalue weighted by molar-refractivity contribution is 5.94. The molecular weight excluding hydrogens is 362 g/mol. The summed E-state index contributed by atoms with van der Waals surface area (Å²) in [6, 6.07) is 14.9. The first-order valence-electron chi connectivity index (χ1n) is 12.2. The van der Waals surface area contributed by atoms with Gasteiger partial charge < -0.3 is 0 Å². The molecule has 2 atom stereocenters. The van der Waals surface area contributed by atoms with E-state index in [1.807, 2.05) is 0 Å². The molecule has 0 amide bonds. The predicted molar refractivity (Wildman–Crippen MR) is 125 cm³/mol. The zero-order valence-corrected chi connectivity index (χ0v) is 18.8. The number of hydrogen-bond acceptors (Lipinski definition) is 0. The second-order valence-electron chi connectivity index (χ2n) is 10.4. The van der Waals surface area contributed by atoms with Crippen molar-refractivity contribution in [2.45, 2.75) is 83.0 Å². The van der Waals surface area contributed by atoms with Gasteiger partial charge in [0.1, 0.15) is 7.05 Å². The minimum absolute atomic E-state index is 0.762. The van der Waals surface area contributed by atoms with Crippen LogP contribution < -0.4 is 4.57 Å². The largest absolute Gasteiger partial charge is 0.220 e. The van der Waals surface area contributed by atoms with Crippen molar-refractivity contribution >= 4 is 10.8 Å². The lowest BCUT2D eigenvalue weighted by Gasteiger charge is -2.22. The summed E-state index contributed by atoms with van der Waals surface area (Å²) in [6.07, 6.45) is 11.1. The monoisotopic (exact) mass is 396 g/mol. The van der Waals surface area contributed by atoms with Gasteiger partial charge in [-0.25, -0.2) is 0 Å². The second-order valence-corrected chi connectivity index (χ2v) is 10.4. The number of pyridine rings is 1. The second kappa shape index (κ2) is 6.94. The van der Waals surface area contributed by atoms with Crippen LogP contribution in [0.5, 0.6) is 0 Å². The van der Waals surface area contributed by atoms with Crippen LogP contribution in [-0.2, 0) is 7.05 Å². The third-order valence-electron chi connectivity index (χ3n) is 8.63. The topological polar surface area (TPSA) is 3.88 Å². The lowest BCUT2D eigenvalue weighted by molar-refractivity contribution is -0.665. The molecule has 0 radical (unpaired) electrons. The van der Waals surface area contributed by atoms with Crippen molar-refractivity contribution in [3.05, 3.63) is 64.3 Å². The highest BCUT2D eigenvalue weighted by Crippen LogP contribution is 2.54. The fraction of sp³-hybridized carbons (Fsp3) is 0.483. The Bertz CT molecular complexity index is 1150. The first kappa shape index (κ1) is 18.6. The Hall–Kier alpha value is -2.15. The van der Waals surface area contributed by atoms with E-state index in [4.69, 9.17) is 0 Å². The molecule has 30 heavy (non-hydrogen) atoms. The normalized spacial score (nSPS) is 23.3. The van der Waals surface area contributed by atoms with Gasteiger partial charge in [-0.3, -0.25) is 0 Å². The van der Waals surface area contributed by atoms with Crippen LogP contribution in [0.2, 0.25) is 0 Å². The molecule has 0 aliphatic heterocycles. The number of nitrogens with zero attached hydrogens (tertiary/aromatic N) is 1. The average molecular weight is 397 g/mol. The molecule has 2 unspecified atom stereocenters. The van der Waals surface area contributed by atoms with Crippen molar-refractivity contribution in [1.82, 2.24) is 0 Å². The molecule has 2 bridgehead atoms. The van der Waals surface area contributed by atoms with E-state index in [1.165, 1.54) is 84.7 Å². The Kier molecular flexibility index (Phi) is 4.30. The minimum Gasteiger partial charge on any atom is -0.198 e. The summed E-state index contributed by atoms with van der Waals surface area (Å²) in [7, 11) is 2.25. The molecule has 1 heterocycles. The van der Waals surface area contributed by atoms with Crippen LogP contribution in [0.25, 0.3) is 22.0 Å². The van der Waals surface area contributed by atoms with E-state index in [1.54, 1.807) is 16.7 Å². The third-order valence-corrected chi connectivity index (χ3v) is 8.63. The molecule has 6 rings (SSSR count). The molecule has 1 heteroatoms. The number of benzene rings is 2. The third kappa shape index (κ3) is 2.77. The average Bonchev–Trinajstić information content (AvgIpc) is 3.37. The van der Waals surface area contributed by atoms with Gasteiger partial charge in [0, 0.05) is 13.0 Å². The Morgan fingerprint density at radius 1 is 0.767 bits per heavy atom. The molecule has 2 aromatic carbocycles. The minimum atomic E-state index is 0.762. The molecule has 0 saturated heterocycles. The van der Waals surface area contributed by atoms with Crippen molar-refractivity contribution in [1.29, 1.82) is 0 Å². The quantitative estimate of drug-likeness (QED) is 0.398. The smallest absolute Gasteiger partial charge is 0.198 e. The van der Waals surface area contributed by atoms with Crippen LogP contribution in [0, 0.1) is 13.8 Å². The zero-order valence-electron chi connectivity index (χ0n) is 18.8. The van der Waals surface area contributed by atoms with Gasteiger partial charge in [-0.2, -0.15) is 4.57 Å². The van der Waals surface area contributed by atoms with E-state index < -0.39 is 0 Å². The Morgan fingerprint density at radius 2 is 1.50 bits per heavy atom. The number of aryl methyl sites for hydroxylation is 2. The number of hydrogen-bond donors (Lipinski definition) is 0. The number of rotatable bonds is 2. The maximum absolute atomic E-state index is 2.57. The van der Waals surface area contributed by atoms with Crippen molar-refractivity contribution in [3.63, 3.8) is 0 Å². The van der Waals surface area contributed by atoms with E-state index in [0.29, 0.717) is 0 Å². The van der Waals surface area contributed by atoms with Gasteiger partial charge in [0.05, 0.1) is 10.9 Å². The SMILES string of the molecule is Cc1cc2c(cc1-c1c3ccc(C4CCCCC4)cc3cc(C)[n+]1C)C1CCC2C1. The Labute approximate surface area is 181 Å². The summed E-state index contributed by atoms with van der Waals surface area (Å²) in [5.74, 6) is 2.40. The first-order valence-corrected chi connectivity index (χ1v) is 12.2. The molecule has 3 aromatic rings. The Balaban J connectivity index is 1.53. The Morgan fingerprint density at radius 3 is 2.27 bits per heavy atom. The van der Waals surface area contributed by atoms with Crippen molar-refractivity contribution in [2.75, 3.05) is 0 Å². The van der Waals surface area contributed by atoms with Crippen LogP contribution >= 0.6 is 0 Å². The molecule has 0 N–H and O–H groups in total. The van der Waals surface area contributed by atoms with E-state index in [0.717, 1.165) is 17.8 Å². The van der Waals surface area contributed by atoms with Crippen molar-refractivity contribution in [3.8, 4) is 11.3 Å². The van der Waals surface area contributed by atoms with Crippen molar-refractivity contribution < 1.29 is 4.57 Å². The van der Waals surface area contributed by atoms with Crippen LogP contribution in [-0.4, -0.2) is 0 Å². The fourth-order valence-electron chi connectivity index (χ4n) is 6.87. The van der Waals surface area contributed by atoms with Crippen LogP contribution in [0.1, 0.15) is 97.1 Å². The van der Waals surface area contributed by atoms with Gasteiger partial charge in [-0.05, 0) is 96.6 Å². The molecule has 2 fully saturated rings. The molecule has 1 nitrogen and oxygen atoms in total. The van der Waals surface area contributed by atoms with Crippen LogP contribution in [0.4, 0.5) is 0 Å². The number of aromatic nitrogens is 1. The molecule has 0 spiro atoms. The van der Waals surface area contributed by atoms with Gasteiger partial charge >= 0.3 is 0 Å². The molecule has 1 aromatic heterocycles. The molecule has 3 aliphatic rings. The molecule has 3 aliphatic carbocycles. The van der Waals surface area contributed by atoms with Crippen LogP contribution in [0.3, 0.4) is 0 Å². The summed E-state index contributed by atoms with van der Waals surface area (Å²) in [5.41, 5.74) is 10.5. The highest BCUT2D eigenvalue weighted by atomic mass is 14.9. The molecular formula is C29H34N+. The fourth-order valence-corrected chi connectivity index (χ4v) is 6.87. The molecule has 154 valence electrons. The van der Waals surface area contributed by atoms with Gasteiger partial charge in [0.25, 0.3) is 0 Å². The zero-order chi connectivity index (χ0) is 20.4. The van der Waals surface area contributed by atoms with Gasteiger partial charge in [-0.1, -0.05) is 37.5 Å². The maximum Gasteiger partial charge on any atom is 0.220 e. The van der Waals surface area contributed by atoms with E-state index in [9.17, 15) is 0 Å². The summed E-state index contributed by atoms with van der Waals surface area (Å²) in [6.45, 7) is 4.59. The van der Waals surface area contributed by atoms with Gasteiger partial charge in [0.2, 0.25) is 5.69 Å². The van der Waals surface area contributed by atoms with Gasteiger partial charge in [-0.15, -0.1) is 0 Å². The van der Waals surface area contributed by atoms with E-state index >= 15 is 0 Å². The summed E-state index contributed by atoms with van der Waals surface area (Å²) < 4.78 is 2.42. The van der Waals surface area contributed by atoms with Crippen molar-refractivity contribution in [2.24, 2.45) is 7.05 Å². The van der Waals surface area contributed by atoms with Crippen LogP contribution in [0.15, 0.2) is 36.4 Å².